The molecule has 5 nitrogen and oxygen atoms in total. The molecule has 2 saturated heterocycles. The second-order valence-corrected chi connectivity index (χ2v) is 10.5. The summed E-state index contributed by atoms with van der Waals surface area (Å²) in [5.74, 6) is 0. The van der Waals surface area contributed by atoms with E-state index in [1.165, 1.54) is 17.4 Å². The first-order chi connectivity index (χ1) is 14.6. The lowest BCUT2D eigenvalue weighted by Gasteiger charge is -2.56. The van der Waals surface area contributed by atoms with E-state index in [1.54, 1.807) is 11.6 Å². The molecule has 166 valence electrons. The zero-order valence-corrected chi connectivity index (χ0v) is 18.5. The van der Waals surface area contributed by atoms with E-state index in [9.17, 15) is 13.2 Å². The van der Waals surface area contributed by atoms with E-state index in [0.29, 0.717) is 23.7 Å². The van der Waals surface area contributed by atoms with E-state index < -0.39 is 11.7 Å². The van der Waals surface area contributed by atoms with Crippen molar-refractivity contribution in [2.75, 3.05) is 18.0 Å². The number of thiazole rings is 1. The number of hydrogen-bond acceptors (Lipinski definition) is 6. The van der Waals surface area contributed by atoms with Crippen LogP contribution in [0.5, 0.6) is 0 Å². The number of fused-ring (bicyclic) bond motifs is 3. The standard InChI is InChI=1S/C22H25F3N4OS/c1-20(2,3)21-8-4-5-13(28-21)11-29(12-21)19-27-16-15(22(23,24)25)7-6-14(17(16)30-19)18-26-9-10-31-18/h6-7,9-10,13,28H,4-5,8,11-12H2,1-3H3. The Bertz CT molecular complexity index is 1100. The summed E-state index contributed by atoms with van der Waals surface area (Å²) in [7, 11) is 0. The minimum atomic E-state index is -4.51. The number of oxazole rings is 1. The van der Waals surface area contributed by atoms with Crippen LogP contribution < -0.4 is 10.2 Å². The first-order valence-electron chi connectivity index (χ1n) is 10.5. The molecular formula is C22H25F3N4OS. The third-order valence-electron chi connectivity index (χ3n) is 6.74. The summed E-state index contributed by atoms with van der Waals surface area (Å²) in [6.07, 6.45) is 0.309. The summed E-state index contributed by atoms with van der Waals surface area (Å²) >= 11 is 1.36. The Morgan fingerprint density at radius 3 is 2.74 bits per heavy atom. The molecule has 0 radical (unpaired) electrons. The van der Waals surface area contributed by atoms with Crippen LogP contribution in [-0.2, 0) is 6.18 Å². The number of alkyl halides is 3. The van der Waals surface area contributed by atoms with Crippen molar-refractivity contribution in [1.29, 1.82) is 0 Å². The highest BCUT2D eigenvalue weighted by atomic mass is 32.1. The zero-order chi connectivity index (χ0) is 22.0. The van der Waals surface area contributed by atoms with Gasteiger partial charge in [-0.25, -0.2) is 4.98 Å². The van der Waals surface area contributed by atoms with Crippen LogP contribution in [0.2, 0.25) is 0 Å². The SMILES string of the molecule is CC(C)(C)C12CCCC(CN(c3nc4c(C(F)(F)F)ccc(-c5nccs5)c4o3)C1)N2. The number of piperazine rings is 1. The van der Waals surface area contributed by atoms with Crippen molar-refractivity contribution in [1.82, 2.24) is 15.3 Å². The summed E-state index contributed by atoms with van der Waals surface area (Å²) in [6, 6.07) is 3.03. The number of benzene rings is 1. The number of nitrogens with one attached hydrogen (secondary N) is 1. The molecule has 2 aliphatic rings. The van der Waals surface area contributed by atoms with Crippen LogP contribution in [0.1, 0.15) is 45.6 Å². The Morgan fingerprint density at radius 2 is 2.06 bits per heavy atom. The van der Waals surface area contributed by atoms with Gasteiger partial charge < -0.3 is 14.6 Å². The van der Waals surface area contributed by atoms with E-state index in [0.717, 1.165) is 25.3 Å². The Balaban J connectivity index is 1.63. The summed E-state index contributed by atoms with van der Waals surface area (Å²) in [4.78, 5) is 10.7. The van der Waals surface area contributed by atoms with E-state index >= 15 is 0 Å². The number of halogens is 3. The molecule has 3 aromatic rings. The summed E-state index contributed by atoms with van der Waals surface area (Å²) in [5.41, 5.74) is -0.396. The average molecular weight is 451 g/mol. The highest BCUT2D eigenvalue weighted by molar-refractivity contribution is 7.13. The Morgan fingerprint density at radius 1 is 1.26 bits per heavy atom. The normalized spacial score (nSPS) is 24.7. The molecule has 5 rings (SSSR count). The van der Waals surface area contributed by atoms with Crippen molar-refractivity contribution in [3.63, 3.8) is 0 Å². The Kier molecular flexibility index (Phi) is 4.64. The topological polar surface area (TPSA) is 54.2 Å². The zero-order valence-electron chi connectivity index (χ0n) is 17.7. The van der Waals surface area contributed by atoms with Gasteiger partial charge >= 0.3 is 6.18 Å². The minimum absolute atomic E-state index is 0.0144. The highest BCUT2D eigenvalue weighted by Gasteiger charge is 2.50. The molecule has 2 fully saturated rings. The fraction of sp³-hybridized carbons (Fsp3) is 0.545. The van der Waals surface area contributed by atoms with Crippen LogP contribution in [0.4, 0.5) is 19.2 Å². The molecule has 1 N–H and O–H groups in total. The third kappa shape index (κ3) is 3.42. The van der Waals surface area contributed by atoms with Crippen molar-refractivity contribution in [3.8, 4) is 10.6 Å². The van der Waals surface area contributed by atoms with Crippen LogP contribution in [0.3, 0.4) is 0 Å². The van der Waals surface area contributed by atoms with Crippen molar-refractivity contribution >= 4 is 28.5 Å². The maximum Gasteiger partial charge on any atom is 0.418 e. The lowest BCUT2D eigenvalue weighted by Crippen LogP contribution is -2.71. The van der Waals surface area contributed by atoms with Gasteiger partial charge in [0.2, 0.25) is 0 Å². The molecule has 31 heavy (non-hydrogen) atoms. The largest absolute Gasteiger partial charge is 0.423 e. The van der Waals surface area contributed by atoms with Gasteiger partial charge in [0.15, 0.2) is 5.58 Å². The quantitative estimate of drug-likeness (QED) is 0.541. The van der Waals surface area contributed by atoms with E-state index in [4.69, 9.17) is 4.42 Å². The van der Waals surface area contributed by atoms with E-state index in [2.05, 4.69) is 36.1 Å². The molecule has 2 bridgehead atoms. The summed E-state index contributed by atoms with van der Waals surface area (Å²) in [6.45, 7) is 7.94. The molecule has 2 aromatic heterocycles. The van der Waals surface area contributed by atoms with Crippen LogP contribution in [0.25, 0.3) is 21.7 Å². The fourth-order valence-corrected chi connectivity index (χ4v) is 5.62. The number of piperidine rings is 1. The number of nitrogens with zero attached hydrogens (tertiary/aromatic N) is 3. The lowest BCUT2D eigenvalue weighted by molar-refractivity contribution is -0.136. The van der Waals surface area contributed by atoms with Gasteiger partial charge in [-0.1, -0.05) is 20.8 Å². The van der Waals surface area contributed by atoms with Crippen molar-refractivity contribution < 1.29 is 17.6 Å². The first kappa shape index (κ1) is 20.8. The van der Waals surface area contributed by atoms with Gasteiger partial charge in [0.1, 0.15) is 10.5 Å². The van der Waals surface area contributed by atoms with Crippen molar-refractivity contribution in [3.05, 3.63) is 29.3 Å². The van der Waals surface area contributed by atoms with Crippen molar-refractivity contribution in [2.45, 2.75) is 57.8 Å². The maximum absolute atomic E-state index is 13.7. The number of rotatable bonds is 2. The molecule has 1 aromatic carbocycles. The van der Waals surface area contributed by atoms with Gasteiger partial charge in [0.05, 0.1) is 11.1 Å². The van der Waals surface area contributed by atoms with E-state index in [-0.39, 0.29) is 34.1 Å². The second-order valence-electron chi connectivity index (χ2n) is 9.62. The Hall–Kier alpha value is -2.13. The van der Waals surface area contributed by atoms with Crippen LogP contribution in [0.15, 0.2) is 28.1 Å². The predicted octanol–water partition coefficient (Wildman–Crippen LogP) is 5.72. The number of aromatic nitrogens is 2. The third-order valence-corrected chi connectivity index (χ3v) is 7.55. The average Bonchev–Trinajstić information content (AvgIpc) is 3.35. The predicted molar refractivity (Wildman–Crippen MR) is 115 cm³/mol. The van der Waals surface area contributed by atoms with E-state index in [1.807, 2.05) is 4.90 Å². The maximum atomic E-state index is 13.7. The molecule has 0 spiro atoms. The fourth-order valence-electron chi connectivity index (χ4n) is 4.96. The van der Waals surface area contributed by atoms with Crippen LogP contribution in [-0.4, -0.2) is 34.6 Å². The van der Waals surface area contributed by atoms with Gasteiger partial charge in [0.25, 0.3) is 6.01 Å². The number of anilines is 1. The molecule has 0 aliphatic carbocycles. The summed E-state index contributed by atoms with van der Waals surface area (Å²) < 4.78 is 47.3. The molecule has 0 amide bonds. The minimum Gasteiger partial charge on any atom is -0.423 e. The molecule has 9 heteroatoms. The molecule has 2 unspecified atom stereocenters. The molecule has 2 atom stereocenters. The second kappa shape index (κ2) is 6.93. The molecular weight excluding hydrogens is 425 g/mol. The van der Waals surface area contributed by atoms with Gasteiger partial charge in [-0.3, -0.25) is 0 Å². The highest BCUT2D eigenvalue weighted by Crippen LogP contribution is 2.44. The smallest absolute Gasteiger partial charge is 0.418 e. The van der Waals surface area contributed by atoms with Gasteiger partial charge in [-0.2, -0.15) is 18.2 Å². The first-order valence-corrected chi connectivity index (χ1v) is 11.4. The van der Waals surface area contributed by atoms with Gasteiger partial charge in [0, 0.05) is 36.2 Å². The monoisotopic (exact) mass is 450 g/mol. The van der Waals surface area contributed by atoms with Crippen molar-refractivity contribution in [2.24, 2.45) is 5.41 Å². The molecule has 2 aliphatic heterocycles. The molecule has 4 heterocycles. The lowest BCUT2D eigenvalue weighted by atomic mass is 9.66. The molecule has 0 saturated carbocycles. The van der Waals surface area contributed by atoms with Crippen LogP contribution >= 0.6 is 11.3 Å². The summed E-state index contributed by atoms with van der Waals surface area (Å²) in [5, 5.41) is 6.22. The number of hydrogen-bond donors (Lipinski definition) is 1. The van der Waals surface area contributed by atoms with Crippen LogP contribution in [0, 0.1) is 5.41 Å². The Labute approximate surface area is 182 Å². The van der Waals surface area contributed by atoms with Gasteiger partial charge in [-0.15, -0.1) is 11.3 Å². The van der Waals surface area contributed by atoms with Gasteiger partial charge in [-0.05, 0) is 36.8 Å².